The van der Waals surface area contributed by atoms with E-state index in [2.05, 4.69) is 17.2 Å². The van der Waals surface area contributed by atoms with E-state index >= 15 is 0 Å². The lowest BCUT2D eigenvalue weighted by Gasteiger charge is -2.14. The number of aryl methyl sites for hydroxylation is 1. The fraction of sp³-hybridized carbons (Fsp3) is 0.438. The zero-order valence-corrected chi connectivity index (χ0v) is 11.6. The monoisotopic (exact) mass is 272 g/mol. The van der Waals surface area contributed by atoms with Crippen LogP contribution in [0.1, 0.15) is 30.0 Å². The minimum Gasteiger partial charge on any atom is -0.392 e. The number of hydrogen-bond acceptors (Lipinski definition) is 3. The second-order valence-electron chi connectivity index (χ2n) is 5.44. The molecule has 2 aromatic rings. The molecule has 0 spiro atoms. The number of aromatic nitrogens is 2. The van der Waals surface area contributed by atoms with Crippen LogP contribution in [0.5, 0.6) is 0 Å². The normalized spacial score (nSPS) is 26.0. The van der Waals surface area contributed by atoms with Gasteiger partial charge in [0.2, 0.25) is 0 Å². The summed E-state index contributed by atoms with van der Waals surface area (Å²) in [5.41, 5.74) is 2.26. The lowest BCUT2D eigenvalue weighted by Crippen LogP contribution is -2.14. The summed E-state index contributed by atoms with van der Waals surface area (Å²) in [6, 6.07) is 12.1. The highest BCUT2D eigenvalue weighted by Gasteiger charge is 2.36. The first-order chi connectivity index (χ1) is 9.74. The lowest BCUT2D eigenvalue weighted by molar-refractivity contribution is 0.0357. The Bertz CT molecular complexity index is 553. The zero-order chi connectivity index (χ0) is 13.9. The zero-order valence-electron chi connectivity index (χ0n) is 11.6. The molecule has 4 nitrogen and oxygen atoms in total. The van der Waals surface area contributed by atoms with Crippen LogP contribution in [0.3, 0.4) is 0 Å². The van der Waals surface area contributed by atoms with Gasteiger partial charge in [0, 0.05) is 31.3 Å². The molecule has 2 unspecified atom stereocenters. The molecule has 0 bridgehead atoms. The number of nitrogens with zero attached hydrogens (tertiary/aromatic N) is 2. The van der Waals surface area contributed by atoms with Gasteiger partial charge in [0.25, 0.3) is 0 Å². The largest absolute Gasteiger partial charge is 0.392 e. The van der Waals surface area contributed by atoms with Crippen molar-refractivity contribution in [2.45, 2.75) is 37.6 Å². The lowest BCUT2D eigenvalue weighted by atomic mass is 10.0. The van der Waals surface area contributed by atoms with Crippen LogP contribution in [0, 0.1) is 0 Å². The van der Waals surface area contributed by atoms with Gasteiger partial charge in [0.05, 0.1) is 18.8 Å². The maximum Gasteiger partial charge on any atom is 0.0720 e. The minimum atomic E-state index is -0.342. The summed E-state index contributed by atoms with van der Waals surface area (Å²) in [4.78, 5) is 0. The van der Waals surface area contributed by atoms with Gasteiger partial charge in [-0.25, -0.2) is 0 Å². The Morgan fingerprint density at radius 3 is 2.75 bits per heavy atom. The maximum absolute atomic E-state index is 10.2. The molecule has 1 aliphatic rings. The van der Waals surface area contributed by atoms with E-state index in [9.17, 15) is 5.11 Å². The first-order valence-electron chi connectivity index (χ1n) is 7.05. The summed E-state index contributed by atoms with van der Waals surface area (Å²) in [5.74, 6) is 0.128. The molecule has 3 atom stereocenters. The Hall–Kier alpha value is -1.65. The van der Waals surface area contributed by atoms with Crippen molar-refractivity contribution in [2.24, 2.45) is 7.05 Å². The van der Waals surface area contributed by atoms with Crippen molar-refractivity contribution < 1.29 is 9.84 Å². The second kappa shape index (κ2) is 5.77. The van der Waals surface area contributed by atoms with Gasteiger partial charge in [-0.1, -0.05) is 30.3 Å². The standard InChI is InChI=1S/C16H20N2O2/c1-18-15(7-8-17-18)14-9-13(10-16(14)19)20-11-12-5-3-2-4-6-12/h2-8,13-14,16,19H,9-11H2,1H3/t13-,14?,16?/m0/s1. The van der Waals surface area contributed by atoms with Gasteiger partial charge >= 0.3 is 0 Å². The number of aliphatic hydroxyl groups is 1. The maximum atomic E-state index is 10.2. The molecule has 0 amide bonds. The van der Waals surface area contributed by atoms with Crippen molar-refractivity contribution in [2.75, 3.05) is 0 Å². The third-order valence-corrected chi connectivity index (χ3v) is 4.05. The van der Waals surface area contributed by atoms with Crippen molar-refractivity contribution in [1.29, 1.82) is 0 Å². The molecular formula is C16H20N2O2. The van der Waals surface area contributed by atoms with Crippen molar-refractivity contribution in [3.63, 3.8) is 0 Å². The highest BCUT2D eigenvalue weighted by molar-refractivity contribution is 5.15. The number of hydrogen-bond donors (Lipinski definition) is 1. The summed E-state index contributed by atoms with van der Waals surface area (Å²) >= 11 is 0. The summed E-state index contributed by atoms with van der Waals surface area (Å²) in [7, 11) is 1.92. The van der Waals surface area contributed by atoms with Crippen LogP contribution in [0.15, 0.2) is 42.6 Å². The van der Waals surface area contributed by atoms with Crippen LogP contribution in [-0.4, -0.2) is 27.1 Å². The third-order valence-electron chi connectivity index (χ3n) is 4.05. The van der Waals surface area contributed by atoms with Gasteiger partial charge in [-0.05, 0) is 18.1 Å². The Kier molecular flexibility index (Phi) is 3.85. The average molecular weight is 272 g/mol. The molecule has 4 heteroatoms. The van der Waals surface area contributed by atoms with Crippen LogP contribution >= 0.6 is 0 Å². The number of aliphatic hydroxyl groups excluding tert-OH is 1. The van der Waals surface area contributed by atoms with Crippen LogP contribution in [-0.2, 0) is 18.4 Å². The molecule has 1 aliphatic carbocycles. The van der Waals surface area contributed by atoms with E-state index in [1.165, 1.54) is 5.56 Å². The highest BCUT2D eigenvalue weighted by Crippen LogP contribution is 2.36. The van der Waals surface area contributed by atoms with Crippen LogP contribution in [0.4, 0.5) is 0 Å². The van der Waals surface area contributed by atoms with E-state index in [4.69, 9.17) is 4.74 Å². The molecule has 1 N–H and O–H groups in total. The Morgan fingerprint density at radius 1 is 1.25 bits per heavy atom. The SMILES string of the molecule is Cn1nccc1C1C[C@H](OCc2ccccc2)CC1O. The quantitative estimate of drug-likeness (QED) is 0.928. The fourth-order valence-electron chi connectivity index (χ4n) is 2.96. The molecule has 0 saturated heterocycles. The minimum absolute atomic E-state index is 0.116. The molecule has 1 saturated carbocycles. The Labute approximate surface area is 119 Å². The number of ether oxygens (including phenoxy) is 1. The third kappa shape index (κ3) is 2.76. The summed E-state index contributed by atoms with van der Waals surface area (Å²) < 4.78 is 7.78. The molecule has 20 heavy (non-hydrogen) atoms. The van der Waals surface area contributed by atoms with Crippen LogP contribution in [0.2, 0.25) is 0 Å². The van der Waals surface area contributed by atoms with Crippen molar-refractivity contribution in [3.05, 3.63) is 53.9 Å². The summed E-state index contributed by atoms with van der Waals surface area (Å²) in [5, 5.41) is 14.4. The van der Waals surface area contributed by atoms with E-state index in [1.54, 1.807) is 6.20 Å². The number of rotatable bonds is 4. The molecule has 1 aromatic heterocycles. The van der Waals surface area contributed by atoms with Crippen LogP contribution in [0.25, 0.3) is 0 Å². The number of benzene rings is 1. The average Bonchev–Trinajstić information content (AvgIpc) is 3.03. The molecule has 0 aliphatic heterocycles. The van der Waals surface area contributed by atoms with E-state index in [0.29, 0.717) is 13.0 Å². The molecule has 1 fully saturated rings. The topological polar surface area (TPSA) is 47.3 Å². The first kappa shape index (κ1) is 13.3. The van der Waals surface area contributed by atoms with E-state index in [1.807, 2.05) is 36.0 Å². The Balaban J connectivity index is 1.60. The molecule has 0 radical (unpaired) electrons. The van der Waals surface area contributed by atoms with Gasteiger partial charge in [-0.2, -0.15) is 5.10 Å². The Morgan fingerprint density at radius 2 is 2.05 bits per heavy atom. The smallest absolute Gasteiger partial charge is 0.0720 e. The summed E-state index contributed by atoms with van der Waals surface area (Å²) in [6.45, 7) is 0.607. The van der Waals surface area contributed by atoms with Crippen molar-refractivity contribution >= 4 is 0 Å². The van der Waals surface area contributed by atoms with Gasteiger partial charge in [0.15, 0.2) is 0 Å². The van der Waals surface area contributed by atoms with E-state index in [0.717, 1.165) is 12.1 Å². The van der Waals surface area contributed by atoms with Gasteiger partial charge in [-0.15, -0.1) is 0 Å². The van der Waals surface area contributed by atoms with E-state index < -0.39 is 0 Å². The van der Waals surface area contributed by atoms with Crippen molar-refractivity contribution in [3.8, 4) is 0 Å². The van der Waals surface area contributed by atoms with Gasteiger partial charge in [-0.3, -0.25) is 4.68 Å². The van der Waals surface area contributed by atoms with Gasteiger partial charge in [0.1, 0.15) is 0 Å². The second-order valence-corrected chi connectivity index (χ2v) is 5.44. The molecular weight excluding hydrogens is 252 g/mol. The van der Waals surface area contributed by atoms with Gasteiger partial charge < -0.3 is 9.84 Å². The molecule has 106 valence electrons. The predicted octanol–water partition coefficient (Wildman–Crippen LogP) is 2.24. The molecule has 1 heterocycles. The first-order valence-corrected chi connectivity index (χ1v) is 7.05. The van der Waals surface area contributed by atoms with Crippen LogP contribution < -0.4 is 0 Å². The van der Waals surface area contributed by atoms with Crippen molar-refractivity contribution in [1.82, 2.24) is 9.78 Å². The molecule has 1 aromatic carbocycles. The predicted molar refractivity (Wildman–Crippen MR) is 76.2 cm³/mol. The summed E-state index contributed by atoms with van der Waals surface area (Å²) in [6.07, 6.45) is 3.10. The molecule has 3 rings (SSSR count). The fourth-order valence-corrected chi connectivity index (χ4v) is 2.96. The van der Waals surface area contributed by atoms with E-state index in [-0.39, 0.29) is 18.1 Å². The highest BCUT2D eigenvalue weighted by atomic mass is 16.5.